The number of nitrogens with two attached hydrogens (primary N) is 2. The number of carbonyl (C=O) groups excluding carboxylic acids is 1. The van der Waals surface area contributed by atoms with Gasteiger partial charge in [-0.1, -0.05) is 25.0 Å². The van der Waals surface area contributed by atoms with Gasteiger partial charge in [0.25, 0.3) is 5.91 Å². The predicted octanol–water partition coefficient (Wildman–Crippen LogP) is 3.04. The van der Waals surface area contributed by atoms with E-state index in [0.29, 0.717) is 34.5 Å². The van der Waals surface area contributed by atoms with Gasteiger partial charge in [-0.25, -0.2) is 4.98 Å². The number of nitrogens with one attached hydrogen (secondary N) is 2. The van der Waals surface area contributed by atoms with Gasteiger partial charge in [-0.2, -0.15) is 9.50 Å². The van der Waals surface area contributed by atoms with E-state index in [2.05, 4.69) is 20.7 Å². The van der Waals surface area contributed by atoms with Crippen LogP contribution in [0, 0.1) is 0 Å². The fourth-order valence-electron chi connectivity index (χ4n) is 4.64. The van der Waals surface area contributed by atoms with Crippen LogP contribution >= 0.6 is 0 Å². The zero-order valence-electron chi connectivity index (χ0n) is 21.1. The Morgan fingerprint density at radius 1 is 1.08 bits per heavy atom. The standard InChI is InChI=1S/C26H30N8O4/c1-37-17-11-15(12-18(13-17)38-2)29-24-21(22(28)36)25-31-23(14-6-5-7-16(35)10-14)33-34(25)26(32-24)30-20-9-4-3-8-19(20)27/h5-7,10-13,19-20,29,35H,3-4,8-9,27H2,1-2H3,(H2,28,36)(H,30,32)/t19-,20+/m0/s1. The summed E-state index contributed by atoms with van der Waals surface area (Å²) in [7, 11) is 3.10. The first-order chi connectivity index (χ1) is 18.4. The van der Waals surface area contributed by atoms with Gasteiger partial charge in [0.15, 0.2) is 17.3 Å². The topological polar surface area (TPSA) is 175 Å². The van der Waals surface area contributed by atoms with Crippen molar-refractivity contribution >= 4 is 29.0 Å². The van der Waals surface area contributed by atoms with Gasteiger partial charge in [-0.3, -0.25) is 4.79 Å². The largest absolute Gasteiger partial charge is 0.508 e. The number of nitrogens with zero attached hydrogens (tertiary/aromatic N) is 4. The number of benzene rings is 2. The Kier molecular flexibility index (Phi) is 6.88. The number of aromatic nitrogens is 4. The average Bonchev–Trinajstić information content (AvgIpc) is 3.35. The molecule has 0 bridgehead atoms. The fraction of sp³-hybridized carbons (Fsp3) is 0.308. The molecule has 0 spiro atoms. The fourth-order valence-corrected chi connectivity index (χ4v) is 4.64. The number of primary amides is 1. The molecule has 0 radical (unpaired) electrons. The lowest BCUT2D eigenvalue weighted by Gasteiger charge is -2.29. The Balaban J connectivity index is 1.68. The van der Waals surface area contributed by atoms with Crippen molar-refractivity contribution in [2.75, 3.05) is 24.9 Å². The van der Waals surface area contributed by atoms with E-state index in [4.69, 9.17) is 25.9 Å². The summed E-state index contributed by atoms with van der Waals surface area (Å²) in [6, 6.07) is 11.6. The van der Waals surface area contributed by atoms with Crippen LogP contribution in [-0.4, -0.2) is 56.9 Å². The van der Waals surface area contributed by atoms with E-state index in [-0.39, 0.29) is 34.9 Å². The van der Waals surface area contributed by atoms with Crippen LogP contribution in [0.15, 0.2) is 42.5 Å². The van der Waals surface area contributed by atoms with Gasteiger partial charge in [-0.05, 0) is 25.0 Å². The summed E-state index contributed by atoms with van der Waals surface area (Å²) >= 11 is 0. The maximum Gasteiger partial charge on any atom is 0.256 e. The van der Waals surface area contributed by atoms with Crippen LogP contribution in [0.5, 0.6) is 17.2 Å². The SMILES string of the molecule is COc1cc(Nc2nc(N[C@@H]3CCCC[C@@H]3N)n3nc(-c4cccc(O)c4)nc3c2C(N)=O)cc(OC)c1. The number of phenolic OH excluding ortho intramolecular Hbond substituents is 1. The Labute approximate surface area is 219 Å². The molecule has 2 aromatic carbocycles. The minimum atomic E-state index is -0.740. The summed E-state index contributed by atoms with van der Waals surface area (Å²) in [6.07, 6.45) is 3.86. The number of ether oxygens (including phenoxy) is 2. The van der Waals surface area contributed by atoms with Crippen LogP contribution in [0.4, 0.5) is 17.5 Å². The summed E-state index contributed by atoms with van der Waals surface area (Å²) in [5.74, 6) is 1.25. The molecule has 12 nitrogen and oxygen atoms in total. The number of methoxy groups -OCH3 is 2. The van der Waals surface area contributed by atoms with Crippen molar-refractivity contribution in [1.29, 1.82) is 0 Å². The highest BCUT2D eigenvalue weighted by atomic mass is 16.5. The van der Waals surface area contributed by atoms with Crippen molar-refractivity contribution in [3.05, 3.63) is 48.0 Å². The van der Waals surface area contributed by atoms with Crippen molar-refractivity contribution in [3.8, 4) is 28.6 Å². The van der Waals surface area contributed by atoms with Crippen LogP contribution in [-0.2, 0) is 0 Å². The third-order valence-electron chi connectivity index (χ3n) is 6.58. The van der Waals surface area contributed by atoms with E-state index >= 15 is 0 Å². The molecular weight excluding hydrogens is 488 g/mol. The normalized spacial score (nSPS) is 17.2. The molecule has 2 aromatic heterocycles. The monoisotopic (exact) mass is 518 g/mol. The summed E-state index contributed by atoms with van der Waals surface area (Å²) in [6.45, 7) is 0. The van der Waals surface area contributed by atoms with Gasteiger partial charge in [0.1, 0.15) is 22.8 Å². The number of hydrogen-bond donors (Lipinski definition) is 5. The van der Waals surface area contributed by atoms with Gasteiger partial charge < -0.3 is 36.7 Å². The molecule has 1 saturated carbocycles. The van der Waals surface area contributed by atoms with E-state index in [1.54, 1.807) is 50.6 Å². The lowest BCUT2D eigenvalue weighted by Crippen LogP contribution is -2.43. The quantitative estimate of drug-likeness (QED) is 0.233. The van der Waals surface area contributed by atoms with Gasteiger partial charge >= 0.3 is 0 Å². The third kappa shape index (κ3) is 4.98. The molecule has 1 amide bonds. The van der Waals surface area contributed by atoms with Crippen LogP contribution < -0.4 is 31.6 Å². The molecule has 0 aliphatic heterocycles. The molecule has 0 saturated heterocycles. The molecular formula is C26H30N8O4. The molecule has 1 aliphatic carbocycles. The summed E-state index contributed by atoms with van der Waals surface area (Å²) in [4.78, 5) is 22.1. The molecule has 0 unspecified atom stereocenters. The summed E-state index contributed by atoms with van der Waals surface area (Å²) in [5.41, 5.74) is 13.6. The van der Waals surface area contributed by atoms with Gasteiger partial charge in [0, 0.05) is 41.5 Å². The van der Waals surface area contributed by atoms with E-state index in [1.165, 1.54) is 10.6 Å². The lowest BCUT2D eigenvalue weighted by molar-refractivity contribution is 0.100. The number of amides is 1. The van der Waals surface area contributed by atoms with E-state index in [0.717, 1.165) is 25.7 Å². The maximum absolute atomic E-state index is 12.8. The number of fused-ring (bicyclic) bond motifs is 1. The molecule has 2 atom stereocenters. The number of hydrogen-bond acceptors (Lipinski definition) is 10. The molecule has 5 rings (SSSR count). The van der Waals surface area contributed by atoms with Crippen molar-refractivity contribution in [1.82, 2.24) is 19.6 Å². The van der Waals surface area contributed by atoms with Crippen molar-refractivity contribution < 1.29 is 19.4 Å². The third-order valence-corrected chi connectivity index (χ3v) is 6.58. The number of rotatable bonds is 8. The van der Waals surface area contributed by atoms with E-state index in [9.17, 15) is 9.90 Å². The summed E-state index contributed by atoms with van der Waals surface area (Å²) in [5, 5.41) is 21.2. The Morgan fingerprint density at radius 3 is 2.47 bits per heavy atom. The van der Waals surface area contributed by atoms with Gasteiger partial charge in [-0.15, -0.1) is 5.10 Å². The Morgan fingerprint density at radius 2 is 1.82 bits per heavy atom. The first-order valence-corrected chi connectivity index (χ1v) is 12.3. The molecule has 4 aromatic rings. The molecule has 12 heteroatoms. The summed E-state index contributed by atoms with van der Waals surface area (Å²) < 4.78 is 12.2. The second-order valence-electron chi connectivity index (χ2n) is 9.17. The maximum atomic E-state index is 12.8. The second-order valence-corrected chi connectivity index (χ2v) is 9.17. The first-order valence-electron chi connectivity index (χ1n) is 12.3. The molecule has 198 valence electrons. The smallest absolute Gasteiger partial charge is 0.256 e. The second kappa shape index (κ2) is 10.4. The van der Waals surface area contributed by atoms with Crippen molar-refractivity contribution in [3.63, 3.8) is 0 Å². The first kappa shape index (κ1) is 25.1. The highest BCUT2D eigenvalue weighted by Gasteiger charge is 2.27. The van der Waals surface area contributed by atoms with Crippen LogP contribution in [0.25, 0.3) is 17.0 Å². The lowest BCUT2D eigenvalue weighted by atomic mass is 9.91. The van der Waals surface area contributed by atoms with E-state index in [1.807, 2.05) is 0 Å². The van der Waals surface area contributed by atoms with Crippen LogP contribution in [0.2, 0.25) is 0 Å². The number of phenols is 1. The van der Waals surface area contributed by atoms with Crippen LogP contribution in [0.3, 0.4) is 0 Å². The Bertz CT molecular complexity index is 1470. The predicted molar refractivity (Wildman–Crippen MR) is 143 cm³/mol. The van der Waals surface area contributed by atoms with Crippen molar-refractivity contribution in [2.45, 2.75) is 37.8 Å². The molecule has 2 heterocycles. The average molecular weight is 519 g/mol. The Hall–Kier alpha value is -4.58. The van der Waals surface area contributed by atoms with Gasteiger partial charge in [0.2, 0.25) is 5.95 Å². The molecule has 1 aliphatic rings. The minimum Gasteiger partial charge on any atom is -0.508 e. The van der Waals surface area contributed by atoms with E-state index < -0.39 is 5.91 Å². The number of aromatic hydroxyl groups is 1. The highest BCUT2D eigenvalue weighted by molar-refractivity contribution is 6.04. The zero-order valence-corrected chi connectivity index (χ0v) is 21.1. The molecule has 1 fully saturated rings. The number of anilines is 3. The number of carbonyl (C=O) groups is 1. The van der Waals surface area contributed by atoms with Crippen molar-refractivity contribution in [2.24, 2.45) is 11.5 Å². The van der Waals surface area contributed by atoms with Crippen LogP contribution in [0.1, 0.15) is 36.0 Å². The molecule has 7 N–H and O–H groups in total. The zero-order chi connectivity index (χ0) is 26.8. The van der Waals surface area contributed by atoms with Gasteiger partial charge in [0.05, 0.1) is 14.2 Å². The minimum absolute atomic E-state index is 0.0444. The molecule has 38 heavy (non-hydrogen) atoms. The highest BCUT2D eigenvalue weighted by Crippen LogP contribution is 2.32.